The average Bonchev–Trinajstić information content (AvgIpc) is 2.98. The Bertz CT molecular complexity index is 687. The monoisotopic (exact) mass is 346 g/mol. The van der Waals surface area contributed by atoms with E-state index in [0.29, 0.717) is 31.8 Å². The molecule has 6 heteroatoms. The molecule has 0 N–H and O–H groups in total. The lowest BCUT2D eigenvalue weighted by Crippen LogP contribution is -2.44. The number of carbonyl (C=O) groups is 2. The zero-order chi connectivity index (χ0) is 17.4. The third-order valence-corrected chi connectivity index (χ3v) is 5.63. The van der Waals surface area contributed by atoms with Crippen LogP contribution in [-0.2, 0) is 16.1 Å². The molecule has 0 spiro atoms. The van der Waals surface area contributed by atoms with Gasteiger partial charge in [-0.3, -0.25) is 9.69 Å². The standard InChI is InChI=1S/C19H23FN2O3/c20-15-7-6-14-11-21(18(23)13-4-2-1-3-5-13)9-8-16-12-25-19(24)22(16)17(14)10-15/h6-7,10,13,16H,1-5,8-9,11-12H2. The van der Waals surface area contributed by atoms with Crippen LogP contribution in [0.5, 0.6) is 0 Å². The summed E-state index contributed by atoms with van der Waals surface area (Å²) in [5.74, 6) is -0.0776. The molecule has 1 atom stereocenters. The molecular weight excluding hydrogens is 323 g/mol. The van der Waals surface area contributed by atoms with Crippen molar-refractivity contribution >= 4 is 17.7 Å². The fourth-order valence-corrected chi connectivity index (χ4v) is 4.25. The second-order valence-electron chi connectivity index (χ2n) is 7.26. The van der Waals surface area contributed by atoms with Gasteiger partial charge in [0.1, 0.15) is 12.4 Å². The van der Waals surface area contributed by atoms with Gasteiger partial charge >= 0.3 is 6.09 Å². The minimum Gasteiger partial charge on any atom is -0.447 e. The first-order chi connectivity index (χ1) is 12.1. The average molecular weight is 346 g/mol. The van der Waals surface area contributed by atoms with Crippen LogP contribution >= 0.6 is 0 Å². The minimum atomic E-state index is -0.427. The number of carbonyl (C=O) groups excluding carboxylic acids is 2. The van der Waals surface area contributed by atoms with Crippen molar-refractivity contribution in [3.63, 3.8) is 0 Å². The van der Waals surface area contributed by atoms with E-state index >= 15 is 0 Å². The third kappa shape index (κ3) is 3.10. The van der Waals surface area contributed by atoms with Crippen LogP contribution in [0.25, 0.3) is 0 Å². The van der Waals surface area contributed by atoms with Gasteiger partial charge in [-0.2, -0.15) is 0 Å². The highest BCUT2D eigenvalue weighted by Crippen LogP contribution is 2.33. The molecule has 2 fully saturated rings. The maximum Gasteiger partial charge on any atom is 0.414 e. The van der Waals surface area contributed by atoms with Crippen LogP contribution < -0.4 is 4.90 Å². The van der Waals surface area contributed by atoms with E-state index in [1.807, 2.05) is 4.90 Å². The van der Waals surface area contributed by atoms with Gasteiger partial charge in [-0.25, -0.2) is 9.18 Å². The highest BCUT2D eigenvalue weighted by molar-refractivity contribution is 5.91. The molecule has 2 heterocycles. The van der Waals surface area contributed by atoms with Gasteiger partial charge in [-0.05, 0) is 37.0 Å². The lowest BCUT2D eigenvalue weighted by molar-refractivity contribution is -0.137. The smallest absolute Gasteiger partial charge is 0.414 e. The summed E-state index contributed by atoms with van der Waals surface area (Å²) >= 11 is 0. The van der Waals surface area contributed by atoms with Gasteiger partial charge in [0.15, 0.2) is 0 Å². The summed E-state index contributed by atoms with van der Waals surface area (Å²) in [6, 6.07) is 4.30. The fourth-order valence-electron chi connectivity index (χ4n) is 4.25. The summed E-state index contributed by atoms with van der Waals surface area (Å²) in [5.41, 5.74) is 1.34. The van der Waals surface area contributed by atoms with Crippen molar-refractivity contribution in [1.82, 2.24) is 4.90 Å². The topological polar surface area (TPSA) is 49.9 Å². The van der Waals surface area contributed by atoms with Crippen LogP contribution in [-0.4, -0.2) is 36.1 Å². The summed E-state index contributed by atoms with van der Waals surface area (Å²) in [6.45, 7) is 1.31. The molecule has 4 rings (SSSR count). The maximum absolute atomic E-state index is 13.8. The van der Waals surface area contributed by atoms with E-state index in [4.69, 9.17) is 4.74 Å². The molecule has 5 nitrogen and oxygen atoms in total. The molecule has 1 unspecified atom stereocenters. The SMILES string of the molecule is O=C(C1CCCCC1)N1CCC2COC(=O)N2c2cc(F)ccc2C1. The van der Waals surface area contributed by atoms with Crippen LogP contribution in [0, 0.1) is 11.7 Å². The zero-order valence-corrected chi connectivity index (χ0v) is 14.2. The molecule has 1 saturated heterocycles. The van der Waals surface area contributed by atoms with E-state index in [0.717, 1.165) is 31.2 Å². The Labute approximate surface area is 146 Å². The number of halogens is 1. The van der Waals surface area contributed by atoms with E-state index in [2.05, 4.69) is 0 Å². The number of hydrogen-bond donors (Lipinski definition) is 0. The van der Waals surface area contributed by atoms with E-state index in [1.165, 1.54) is 18.6 Å². The van der Waals surface area contributed by atoms with Crippen molar-refractivity contribution in [2.75, 3.05) is 18.1 Å². The first-order valence-corrected chi connectivity index (χ1v) is 9.16. The highest BCUT2D eigenvalue weighted by atomic mass is 19.1. The molecule has 1 saturated carbocycles. The lowest BCUT2D eigenvalue weighted by atomic mass is 9.88. The first kappa shape index (κ1) is 16.4. The summed E-state index contributed by atoms with van der Waals surface area (Å²) in [4.78, 5) is 28.6. The number of amides is 2. The van der Waals surface area contributed by atoms with Gasteiger partial charge in [0.2, 0.25) is 5.91 Å². The number of nitrogens with zero attached hydrogens (tertiary/aromatic N) is 2. The van der Waals surface area contributed by atoms with Gasteiger partial charge < -0.3 is 9.64 Å². The minimum absolute atomic E-state index is 0.106. The van der Waals surface area contributed by atoms with Crippen molar-refractivity contribution in [3.05, 3.63) is 29.6 Å². The zero-order valence-electron chi connectivity index (χ0n) is 14.2. The van der Waals surface area contributed by atoms with Crippen LogP contribution in [0.3, 0.4) is 0 Å². The molecule has 3 aliphatic rings. The second-order valence-corrected chi connectivity index (χ2v) is 7.26. The molecule has 1 aromatic rings. The highest BCUT2D eigenvalue weighted by Gasteiger charge is 2.38. The summed E-state index contributed by atoms with van der Waals surface area (Å²) in [6.07, 6.45) is 5.59. The fraction of sp³-hybridized carbons (Fsp3) is 0.579. The second kappa shape index (κ2) is 6.65. The Kier molecular flexibility index (Phi) is 4.36. The Morgan fingerprint density at radius 3 is 2.76 bits per heavy atom. The molecule has 1 aliphatic carbocycles. The van der Waals surface area contributed by atoms with Gasteiger partial charge in [0.05, 0.1) is 11.7 Å². The van der Waals surface area contributed by atoms with Crippen LogP contribution in [0.2, 0.25) is 0 Å². The number of hydrogen-bond acceptors (Lipinski definition) is 3. The molecule has 25 heavy (non-hydrogen) atoms. The number of fused-ring (bicyclic) bond motifs is 3. The predicted octanol–water partition coefficient (Wildman–Crippen LogP) is 3.46. The molecule has 0 bridgehead atoms. The van der Waals surface area contributed by atoms with Crippen molar-refractivity contribution in [1.29, 1.82) is 0 Å². The van der Waals surface area contributed by atoms with Crippen LogP contribution in [0.4, 0.5) is 14.9 Å². The van der Waals surface area contributed by atoms with E-state index < -0.39 is 6.09 Å². The Morgan fingerprint density at radius 2 is 1.96 bits per heavy atom. The van der Waals surface area contributed by atoms with E-state index in [-0.39, 0.29) is 23.7 Å². The summed E-state index contributed by atoms with van der Waals surface area (Å²) in [5, 5.41) is 0. The Morgan fingerprint density at radius 1 is 1.16 bits per heavy atom. The number of benzene rings is 1. The molecule has 0 radical (unpaired) electrons. The Balaban J connectivity index is 1.64. The van der Waals surface area contributed by atoms with Crippen LogP contribution in [0.15, 0.2) is 18.2 Å². The molecule has 134 valence electrons. The number of rotatable bonds is 1. The quantitative estimate of drug-likeness (QED) is 0.782. The molecule has 0 aromatic heterocycles. The normalized spacial score (nSPS) is 24.2. The van der Waals surface area contributed by atoms with Gasteiger partial charge in [0, 0.05) is 19.0 Å². The van der Waals surface area contributed by atoms with E-state index in [1.54, 1.807) is 11.0 Å². The molecular formula is C19H23FN2O3. The van der Waals surface area contributed by atoms with E-state index in [9.17, 15) is 14.0 Å². The van der Waals surface area contributed by atoms with Gasteiger partial charge in [-0.1, -0.05) is 25.3 Å². The molecule has 2 aliphatic heterocycles. The predicted molar refractivity (Wildman–Crippen MR) is 90.6 cm³/mol. The number of ether oxygens (including phenoxy) is 1. The van der Waals surface area contributed by atoms with Crippen molar-refractivity contribution in [3.8, 4) is 0 Å². The van der Waals surface area contributed by atoms with Crippen LogP contribution in [0.1, 0.15) is 44.1 Å². The van der Waals surface area contributed by atoms with Crippen molar-refractivity contribution in [2.45, 2.75) is 51.1 Å². The number of anilines is 1. The molecule has 1 aromatic carbocycles. The van der Waals surface area contributed by atoms with Crippen molar-refractivity contribution < 1.29 is 18.7 Å². The number of cyclic esters (lactones) is 1. The first-order valence-electron chi connectivity index (χ1n) is 9.16. The van der Waals surface area contributed by atoms with Gasteiger partial charge in [0.25, 0.3) is 0 Å². The lowest BCUT2D eigenvalue weighted by Gasteiger charge is -2.34. The third-order valence-electron chi connectivity index (χ3n) is 5.63. The molecule has 2 amide bonds. The maximum atomic E-state index is 13.8. The van der Waals surface area contributed by atoms with Gasteiger partial charge in [-0.15, -0.1) is 0 Å². The largest absolute Gasteiger partial charge is 0.447 e. The summed E-state index contributed by atoms with van der Waals surface area (Å²) in [7, 11) is 0. The van der Waals surface area contributed by atoms with Crippen molar-refractivity contribution in [2.24, 2.45) is 5.92 Å². The summed E-state index contributed by atoms with van der Waals surface area (Å²) < 4.78 is 19.0. The Hall–Kier alpha value is -2.11.